The van der Waals surface area contributed by atoms with Crippen LogP contribution in [0.3, 0.4) is 0 Å². The van der Waals surface area contributed by atoms with Gasteiger partial charge in [0.1, 0.15) is 0 Å². The number of hydrogen-bond acceptors (Lipinski definition) is 2. The predicted octanol–water partition coefficient (Wildman–Crippen LogP) is 3.17. The van der Waals surface area contributed by atoms with Crippen molar-refractivity contribution in [3.05, 3.63) is 28.7 Å². The zero-order valence-electron chi connectivity index (χ0n) is 10.1. The van der Waals surface area contributed by atoms with Crippen LogP contribution in [0.25, 0.3) is 0 Å². The van der Waals surface area contributed by atoms with Crippen molar-refractivity contribution in [2.75, 3.05) is 18.4 Å². The molecule has 0 aromatic heterocycles. The van der Waals surface area contributed by atoms with E-state index in [0.29, 0.717) is 13.0 Å². The topological polar surface area (TPSA) is 41.1 Å². The average Bonchev–Trinajstić information content (AvgIpc) is 2.32. The highest BCUT2D eigenvalue weighted by molar-refractivity contribution is 9.10. The molecule has 94 valence electrons. The summed E-state index contributed by atoms with van der Waals surface area (Å²) in [6.07, 6.45) is 2.66. The Hall–Kier alpha value is -1.03. The maximum Gasteiger partial charge on any atom is 0.221 e. The molecule has 1 rings (SSSR count). The number of amides is 1. The van der Waals surface area contributed by atoms with Crippen LogP contribution in [-0.2, 0) is 4.79 Å². The molecule has 0 unspecified atom stereocenters. The van der Waals surface area contributed by atoms with E-state index in [1.54, 1.807) is 0 Å². The van der Waals surface area contributed by atoms with Gasteiger partial charge in [0.05, 0.1) is 0 Å². The molecule has 0 aliphatic rings. The highest BCUT2D eigenvalue weighted by Crippen LogP contribution is 2.20. The molecule has 0 atom stereocenters. The molecule has 0 saturated carbocycles. The molecule has 0 radical (unpaired) electrons. The highest BCUT2D eigenvalue weighted by atomic mass is 79.9. The lowest BCUT2D eigenvalue weighted by atomic mass is 10.3. The van der Waals surface area contributed by atoms with Gasteiger partial charge in [-0.15, -0.1) is 0 Å². The normalized spacial score (nSPS) is 10.0. The second-order valence-corrected chi connectivity index (χ2v) is 4.71. The quantitative estimate of drug-likeness (QED) is 0.759. The number of para-hydroxylation sites is 1. The lowest BCUT2D eigenvalue weighted by Gasteiger charge is -2.08. The van der Waals surface area contributed by atoms with Crippen molar-refractivity contribution in [3.63, 3.8) is 0 Å². The Labute approximate surface area is 111 Å². The van der Waals surface area contributed by atoms with Crippen molar-refractivity contribution in [2.45, 2.75) is 26.2 Å². The summed E-state index contributed by atoms with van der Waals surface area (Å²) in [7, 11) is 0. The summed E-state index contributed by atoms with van der Waals surface area (Å²) in [5, 5.41) is 6.12. The van der Waals surface area contributed by atoms with Crippen LogP contribution in [0, 0.1) is 0 Å². The molecule has 0 aliphatic carbocycles. The monoisotopic (exact) mass is 298 g/mol. The third-order valence-corrected chi connectivity index (χ3v) is 3.09. The first-order chi connectivity index (χ1) is 8.24. The van der Waals surface area contributed by atoms with E-state index in [1.165, 1.54) is 0 Å². The van der Waals surface area contributed by atoms with Crippen LogP contribution >= 0.6 is 15.9 Å². The molecule has 0 bridgehead atoms. The molecule has 1 aromatic carbocycles. The van der Waals surface area contributed by atoms with Crippen molar-refractivity contribution in [2.24, 2.45) is 0 Å². The molecule has 0 saturated heterocycles. The Bertz CT molecular complexity index is 355. The number of halogens is 1. The van der Waals surface area contributed by atoms with Crippen molar-refractivity contribution in [1.82, 2.24) is 5.32 Å². The van der Waals surface area contributed by atoms with E-state index in [-0.39, 0.29) is 5.91 Å². The van der Waals surface area contributed by atoms with Gasteiger partial charge in [-0.1, -0.05) is 25.5 Å². The molecular weight excluding hydrogens is 280 g/mol. The van der Waals surface area contributed by atoms with Crippen LogP contribution in [0.4, 0.5) is 5.69 Å². The molecule has 17 heavy (non-hydrogen) atoms. The Morgan fingerprint density at radius 1 is 1.29 bits per heavy atom. The average molecular weight is 299 g/mol. The van der Waals surface area contributed by atoms with Gasteiger partial charge in [0.2, 0.25) is 5.91 Å². The minimum absolute atomic E-state index is 0.109. The number of hydrogen-bond donors (Lipinski definition) is 2. The summed E-state index contributed by atoms with van der Waals surface area (Å²) in [6, 6.07) is 7.89. The largest absolute Gasteiger partial charge is 0.384 e. The van der Waals surface area contributed by atoms with E-state index >= 15 is 0 Å². The Morgan fingerprint density at radius 3 is 2.76 bits per heavy atom. The van der Waals surface area contributed by atoms with E-state index in [4.69, 9.17) is 0 Å². The Balaban J connectivity index is 2.19. The standard InChI is InChI=1S/C13H19BrN2O/c1-2-3-9-16-13(17)8-10-15-12-7-5-4-6-11(12)14/h4-7,15H,2-3,8-10H2,1H3,(H,16,17). The maximum absolute atomic E-state index is 11.4. The van der Waals surface area contributed by atoms with Gasteiger partial charge in [0, 0.05) is 29.7 Å². The first kappa shape index (κ1) is 14.0. The Kier molecular flexibility index (Phi) is 6.70. The van der Waals surface area contributed by atoms with Crippen molar-refractivity contribution >= 4 is 27.5 Å². The number of unbranched alkanes of at least 4 members (excludes halogenated alkanes) is 1. The van der Waals surface area contributed by atoms with Gasteiger partial charge in [0.25, 0.3) is 0 Å². The SMILES string of the molecule is CCCCNC(=O)CCNc1ccccc1Br. The molecule has 0 fully saturated rings. The summed E-state index contributed by atoms with van der Waals surface area (Å²) >= 11 is 3.45. The number of benzene rings is 1. The molecule has 4 heteroatoms. The number of carbonyl (C=O) groups is 1. The van der Waals surface area contributed by atoms with Gasteiger partial charge in [0.15, 0.2) is 0 Å². The lowest BCUT2D eigenvalue weighted by molar-refractivity contribution is -0.120. The van der Waals surface area contributed by atoms with Gasteiger partial charge < -0.3 is 10.6 Å². The number of rotatable bonds is 7. The van der Waals surface area contributed by atoms with Crippen LogP contribution in [0.2, 0.25) is 0 Å². The zero-order chi connectivity index (χ0) is 12.5. The van der Waals surface area contributed by atoms with Crippen LogP contribution in [0.15, 0.2) is 28.7 Å². The first-order valence-electron chi connectivity index (χ1n) is 5.99. The van der Waals surface area contributed by atoms with Gasteiger partial charge in [-0.05, 0) is 34.5 Å². The summed E-state index contributed by atoms with van der Waals surface area (Å²) < 4.78 is 1.02. The summed E-state index contributed by atoms with van der Waals surface area (Å²) in [6.45, 7) is 3.55. The Morgan fingerprint density at radius 2 is 2.06 bits per heavy atom. The van der Waals surface area contributed by atoms with E-state index < -0.39 is 0 Å². The van der Waals surface area contributed by atoms with Crippen molar-refractivity contribution in [3.8, 4) is 0 Å². The fourth-order valence-corrected chi connectivity index (χ4v) is 1.83. The van der Waals surface area contributed by atoms with Gasteiger partial charge in [-0.25, -0.2) is 0 Å². The van der Waals surface area contributed by atoms with Crippen LogP contribution in [0.5, 0.6) is 0 Å². The molecular formula is C13H19BrN2O. The molecule has 0 aliphatic heterocycles. The van der Waals surface area contributed by atoms with E-state index in [0.717, 1.165) is 29.5 Å². The van der Waals surface area contributed by atoms with Crippen molar-refractivity contribution in [1.29, 1.82) is 0 Å². The fourth-order valence-electron chi connectivity index (χ4n) is 1.41. The fraction of sp³-hybridized carbons (Fsp3) is 0.462. The molecule has 2 N–H and O–H groups in total. The van der Waals surface area contributed by atoms with Crippen molar-refractivity contribution < 1.29 is 4.79 Å². The van der Waals surface area contributed by atoms with E-state index in [9.17, 15) is 4.79 Å². The van der Waals surface area contributed by atoms with Gasteiger partial charge in [-0.3, -0.25) is 4.79 Å². The molecule has 0 heterocycles. The minimum Gasteiger partial charge on any atom is -0.384 e. The summed E-state index contributed by atoms with van der Waals surface area (Å²) in [5.41, 5.74) is 1.02. The predicted molar refractivity (Wildman–Crippen MR) is 75.2 cm³/mol. The number of carbonyl (C=O) groups excluding carboxylic acids is 1. The summed E-state index contributed by atoms with van der Waals surface area (Å²) in [5.74, 6) is 0.109. The third-order valence-electron chi connectivity index (χ3n) is 2.39. The third kappa shape index (κ3) is 5.73. The van der Waals surface area contributed by atoms with E-state index in [2.05, 4.69) is 33.5 Å². The second-order valence-electron chi connectivity index (χ2n) is 3.86. The van der Waals surface area contributed by atoms with E-state index in [1.807, 2.05) is 24.3 Å². The van der Waals surface area contributed by atoms with Crippen LogP contribution in [-0.4, -0.2) is 19.0 Å². The minimum atomic E-state index is 0.109. The van der Waals surface area contributed by atoms with Crippen LogP contribution in [0.1, 0.15) is 26.2 Å². The second kappa shape index (κ2) is 8.12. The molecule has 1 amide bonds. The van der Waals surface area contributed by atoms with Crippen LogP contribution < -0.4 is 10.6 Å². The zero-order valence-corrected chi connectivity index (χ0v) is 11.7. The highest BCUT2D eigenvalue weighted by Gasteiger charge is 2.01. The molecule has 1 aromatic rings. The number of anilines is 1. The summed E-state index contributed by atoms with van der Waals surface area (Å²) in [4.78, 5) is 11.4. The smallest absolute Gasteiger partial charge is 0.221 e. The van der Waals surface area contributed by atoms with Gasteiger partial charge in [-0.2, -0.15) is 0 Å². The number of nitrogens with one attached hydrogen (secondary N) is 2. The molecule has 3 nitrogen and oxygen atoms in total. The molecule has 0 spiro atoms. The lowest BCUT2D eigenvalue weighted by Crippen LogP contribution is -2.26. The first-order valence-corrected chi connectivity index (χ1v) is 6.78. The maximum atomic E-state index is 11.4. The van der Waals surface area contributed by atoms with Gasteiger partial charge >= 0.3 is 0 Å².